The molecule has 0 aliphatic rings. The van der Waals surface area contributed by atoms with E-state index in [2.05, 4.69) is 32.5 Å². The van der Waals surface area contributed by atoms with Crippen LogP contribution in [0.3, 0.4) is 0 Å². The first kappa shape index (κ1) is 12.1. The van der Waals surface area contributed by atoms with Crippen LogP contribution in [0.25, 0.3) is 0 Å². The van der Waals surface area contributed by atoms with Gasteiger partial charge in [-0.2, -0.15) is 0 Å². The van der Waals surface area contributed by atoms with E-state index in [-0.39, 0.29) is 12.4 Å². The van der Waals surface area contributed by atoms with Crippen molar-refractivity contribution >= 4 is 33.5 Å². The maximum absolute atomic E-state index is 10.8. The Bertz CT molecular complexity index is 432. The van der Waals surface area contributed by atoms with Crippen molar-refractivity contribution in [2.75, 3.05) is 7.11 Å². The first-order chi connectivity index (χ1) is 7.13. The molecule has 0 spiro atoms. The van der Waals surface area contributed by atoms with Gasteiger partial charge in [-0.05, 0) is 34.1 Å². The van der Waals surface area contributed by atoms with Crippen LogP contribution in [0.1, 0.15) is 12.0 Å². The van der Waals surface area contributed by atoms with E-state index >= 15 is 0 Å². The lowest BCUT2D eigenvalue weighted by Gasteiger charge is -1.96. The molecule has 0 aliphatic carbocycles. The van der Waals surface area contributed by atoms with Gasteiger partial charge in [0.25, 0.3) is 0 Å². The molecule has 0 aromatic heterocycles. The van der Waals surface area contributed by atoms with Crippen molar-refractivity contribution in [1.29, 1.82) is 0 Å². The summed E-state index contributed by atoms with van der Waals surface area (Å²) in [6, 6.07) is 5.30. The van der Waals surface area contributed by atoms with E-state index in [4.69, 9.17) is 11.6 Å². The minimum absolute atomic E-state index is 0.0788. The van der Waals surface area contributed by atoms with Gasteiger partial charge < -0.3 is 4.74 Å². The number of halogens is 2. The third-order valence-electron chi connectivity index (χ3n) is 1.61. The number of esters is 1. The van der Waals surface area contributed by atoms with E-state index in [9.17, 15) is 4.79 Å². The fourth-order valence-electron chi connectivity index (χ4n) is 0.877. The lowest BCUT2D eigenvalue weighted by Crippen LogP contribution is -1.97. The minimum Gasteiger partial charge on any atom is -0.468 e. The Hall–Kier alpha value is -0.980. The van der Waals surface area contributed by atoms with Gasteiger partial charge in [0.2, 0.25) is 0 Å². The fraction of sp³-hybridized carbons (Fsp3) is 0.182. The molecule has 0 aliphatic heterocycles. The second-order valence-corrected chi connectivity index (χ2v) is 3.97. The number of methoxy groups -OCH3 is 1. The first-order valence-corrected chi connectivity index (χ1v) is 5.31. The Morgan fingerprint density at radius 1 is 1.60 bits per heavy atom. The van der Waals surface area contributed by atoms with E-state index < -0.39 is 0 Å². The van der Waals surface area contributed by atoms with E-state index in [1.165, 1.54) is 7.11 Å². The number of ether oxygens (including phenoxy) is 1. The molecule has 2 nitrogen and oxygen atoms in total. The van der Waals surface area contributed by atoms with Crippen LogP contribution in [0.15, 0.2) is 22.7 Å². The lowest BCUT2D eigenvalue weighted by molar-refractivity contribution is -0.139. The molecule has 0 amide bonds. The van der Waals surface area contributed by atoms with Crippen LogP contribution >= 0.6 is 27.5 Å². The molecule has 0 atom stereocenters. The standard InChI is InChI=1S/C11H8BrClO2/c1-15-11(14)4-2-3-8-7-9(13)5-6-10(8)12/h5-7H,4H2,1H3. The highest BCUT2D eigenvalue weighted by Crippen LogP contribution is 2.20. The molecule has 1 aromatic carbocycles. The monoisotopic (exact) mass is 286 g/mol. The van der Waals surface area contributed by atoms with Crippen molar-refractivity contribution in [1.82, 2.24) is 0 Å². The van der Waals surface area contributed by atoms with Crippen molar-refractivity contribution in [3.8, 4) is 11.8 Å². The highest BCUT2D eigenvalue weighted by Gasteiger charge is 1.98. The largest absolute Gasteiger partial charge is 0.468 e. The summed E-state index contributed by atoms with van der Waals surface area (Å²) < 4.78 is 5.31. The van der Waals surface area contributed by atoms with Crippen molar-refractivity contribution in [3.63, 3.8) is 0 Å². The van der Waals surface area contributed by atoms with E-state index in [0.717, 1.165) is 10.0 Å². The van der Waals surface area contributed by atoms with Crippen LogP contribution in [0.5, 0.6) is 0 Å². The van der Waals surface area contributed by atoms with E-state index in [0.29, 0.717) is 5.02 Å². The van der Waals surface area contributed by atoms with Crippen LogP contribution in [0, 0.1) is 11.8 Å². The summed E-state index contributed by atoms with van der Waals surface area (Å²) >= 11 is 9.14. The number of benzene rings is 1. The molecular formula is C11H8BrClO2. The van der Waals surface area contributed by atoms with Gasteiger partial charge in [-0.3, -0.25) is 4.79 Å². The van der Waals surface area contributed by atoms with Crippen molar-refractivity contribution in [2.24, 2.45) is 0 Å². The van der Waals surface area contributed by atoms with Crippen LogP contribution < -0.4 is 0 Å². The molecule has 0 fully saturated rings. The summed E-state index contributed by atoms with van der Waals surface area (Å²) in [7, 11) is 1.33. The molecule has 1 rings (SSSR count). The topological polar surface area (TPSA) is 26.3 Å². The molecule has 78 valence electrons. The van der Waals surface area contributed by atoms with Gasteiger partial charge in [0.1, 0.15) is 6.42 Å². The average molecular weight is 288 g/mol. The van der Waals surface area contributed by atoms with Gasteiger partial charge in [-0.15, -0.1) is 0 Å². The number of hydrogen-bond donors (Lipinski definition) is 0. The van der Waals surface area contributed by atoms with Crippen LogP contribution in [0.2, 0.25) is 5.02 Å². The lowest BCUT2D eigenvalue weighted by atomic mass is 10.2. The van der Waals surface area contributed by atoms with Crippen molar-refractivity contribution in [3.05, 3.63) is 33.3 Å². The molecule has 1 aromatic rings. The number of rotatable bonds is 1. The molecule has 0 N–H and O–H groups in total. The molecule has 0 saturated carbocycles. The fourth-order valence-corrected chi connectivity index (χ4v) is 1.39. The summed E-state index contributed by atoms with van der Waals surface area (Å²) in [6.07, 6.45) is 0.0788. The highest BCUT2D eigenvalue weighted by atomic mass is 79.9. The van der Waals surface area contributed by atoms with Gasteiger partial charge in [0, 0.05) is 15.1 Å². The molecule has 0 radical (unpaired) electrons. The maximum atomic E-state index is 10.8. The molecule has 0 heterocycles. The van der Waals surface area contributed by atoms with E-state index in [1.807, 2.05) is 6.07 Å². The number of carbonyl (C=O) groups is 1. The molecule has 0 bridgehead atoms. The van der Waals surface area contributed by atoms with Crippen LogP contribution in [-0.4, -0.2) is 13.1 Å². The molecule has 4 heteroatoms. The third-order valence-corrected chi connectivity index (χ3v) is 2.54. The predicted octanol–water partition coefficient (Wildman–Crippen LogP) is 3.02. The van der Waals surface area contributed by atoms with Gasteiger partial charge in [0.05, 0.1) is 7.11 Å². The Kier molecular flexibility index (Phi) is 4.67. The quantitative estimate of drug-likeness (QED) is 0.586. The SMILES string of the molecule is COC(=O)CC#Cc1cc(Cl)ccc1Br. The van der Waals surface area contributed by atoms with Crippen LogP contribution in [0.4, 0.5) is 0 Å². The summed E-state index contributed by atoms with van der Waals surface area (Å²) in [4.78, 5) is 10.8. The molecule has 0 saturated heterocycles. The predicted molar refractivity (Wildman–Crippen MR) is 62.7 cm³/mol. The third kappa shape index (κ3) is 3.94. The zero-order valence-electron chi connectivity index (χ0n) is 8.01. The smallest absolute Gasteiger partial charge is 0.317 e. The van der Waals surface area contributed by atoms with Gasteiger partial charge >= 0.3 is 5.97 Å². The van der Waals surface area contributed by atoms with Gasteiger partial charge in [-0.25, -0.2) is 0 Å². The van der Waals surface area contributed by atoms with E-state index in [1.54, 1.807) is 12.1 Å². The number of carbonyl (C=O) groups excluding carboxylic acids is 1. The second kappa shape index (κ2) is 5.79. The molecule has 15 heavy (non-hydrogen) atoms. The number of hydrogen-bond acceptors (Lipinski definition) is 2. The zero-order valence-corrected chi connectivity index (χ0v) is 10.4. The second-order valence-electron chi connectivity index (χ2n) is 2.68. The summed E-state index contributed by atoms with van der Waals surface area (Å²) in [5.41, 5.74) is 0.756. The van der Waals surface area contributed by atoms with Crippen molar-refractivity contribution < 1.29 is 9.53 Å². The van der Waals surface area contributed by atoms with Gasteiger partial charge in [0.15, 0.2) is 0 Å². The summed E-state index contributed by atoms with van der Waals surface area (Å²) in [5, 5.41) is 0.612. The maximum Gasteiger partial charge on any atom is 0.317 e. The van der Waals surface area contributed by atoms with Gasteiger partial charge in [-0.1, -0.05) is 23.4 Å². The minimum atomic E-state index is -0.347. The van der Waals surface area contributed by atoms with Crippen molar-refractivity contribution in [2.45, 2.75) is 6.42 Å². The highest BCUT2D eigenvalue weighted by molar-refractivity contribution is 9.10. The van der Waals surface area contributed by atoms with Crippen LogP contribution in [-0.2, 0) is 9.53 Å². The molecule has 0 unspecified atom stereocenters. The summed E-state index contributed by atoms with van der Waals surface area (Å²) in [6.45, 7) is 0. The zero-order chi connectivity index (χ0) is 11.3. The Morgan fingerprint density at radius 2 is 2.33 bits per heavy atom. The molecular weight excluding hydrogens is 279 g/mol. The Labute approximate surface area is 102 Å². The Morgan fingerprint density at radius 3 is 3.00 bits per heavy atom. The average Bonchev–Trinajstić information content (AvgIpc) is 2.23. The summed E-state index contributed by atoms with van der Waals surface area (Å²) in [5.74, 6) is 5.20. The Balaban J connectivity index is 2.79. The normalized spacial score (nSPS) is 9.00. The first-order valence-electron chi connectivity index (χ1n) is 4.14.